The van der Waals surface area contributed by atoms with Crippen molar-refractivity contribution in [3.63, 3.8) is 0 Å². The first-order valence-corrected chi connectivity index (χ1v) is 9.20. The van der Waals surface area contributed by atoms with Gasteiger partial charge in [-0.1, -0.05) is 0 Å². The quantitative estimate of drug-likeness (QED) is 0.194. The zero-order valence-electron chi connectivity index (χ0n) is 15.6. The van der Waals surface area contributed by atoms with Crippen LogP contribution in [0, 0.1) is 0 Å². The summed E-state index contributed by atoms with van der Waals surface area (Å²) in [4.78, 5) is 0. The Labute approximate surface area is 165 Å². The summed E-state index contributed by atoms with van der Waals surface area (Å²) in [6.45, 7) is -1.33. The normalized spacial score (nSPS) is 50.5. The summed E-state index contributed by atoms with van der Waals surface area (Å²) >= 11 is 0. The van der Waals surface area contributed by atoms with E-state index < -0.39 is 87.0 Å². The number of rotatable bonds is 8. The average Bonchev–Trinajstić information content (AvgIpc) is 3.28. The Balaban J connectivity index is 1.62. The van der Waals surface area contributed by atoms with Gasteiger partial charge >= 0.3 is 0 Å². The molecular formula is C16H28O13. The van der Waals surface area contributed by atoms with E-state index in [2.05, 4.69) is 0 Å². The first kappa shape index (κ1) is 23.1. The topological polar surface area (TPSA) is 197 Å². The molecule has 0 aromatic rings. The molecule has 0 bridgehead atoms. The van der Waals surface area contributed by atoms with Crippen LogP contribution in [0.4, 0.5) is 0 Å². The molecule has 13 heteroatoms. The molecule has 3 saturated heterocycles. The molecule has 3 aliphatic rings. The minimum atomic E-state index is -1.47. The second-order valence-electron chi connectivity index (χ2n) is 7.12. The highest BCUT2D eigenvalue weighted by molar-refractivity contribution is 4.93. The standard InChI is InChI=1S/C16H28O13/c1-24-14-12(23)13(29-16-11(22)9(20)6(3-18)27-16)7(28-14)4-25-15-10(21)8(19)5(2-17)26-15/h5-23H,2-4H2,1H3. The maximum atomic E-state index is 10.4. The van der Waals surface area contributed by atoms with Crippen LogP contribution in [-0.4, -0.2) is 136 Å². The van der Waals surface area contributed by atoms with Gasteiger partial charge in [0.25, 0.3) is 0 Å². The van der Waals surface area contributed by atoms with Crippen LogP contribution in [0.1, 0.15) is 0 Å². The highest BCUT2D eigenvalue weighted by atomic mass is 16.8. The number of aliphatic hydroxyl groups excluding tert-OH is 7. The molecule has 0 spiro atoms. The molecule has 0 radical (unpaired) electrons. The fourth-order valence-electron chi connectivity index (χ4n) is 3.53. The molecule has 12 unspecified atom stereocenters. The van der Waals surface area contributed by atoms with Crippen molar-refractivity contribution in [3.8, 4) is 0 Å². The third-order valence-electron chi connectivity index (χ3n) is 5.24. The molecule has 170 valence electrons. The highest BCUT2D eigenvalue weighted by Crippen LogP contribution is 2.31. The van der Waals surface area contributed by atoms with Crippen molar-refractivity contribution in [3.05, 3.63) is 0 Å². The number of hydrogen-bond donors (Lipinski definition) is 7. The molecule has 0 saturated carbocycles. The lowest BCUT2D eigenvalue weighted by Crippen LogP contribution is -2.44. The first-order chi connectivity index (χ1) is 13.8. The largest absolute Gasteiger partial charge is 0.394 e. The summed E-state index contributed by atoms with van der Waals surface area (Å²) < 4.78 is 32.0. The van der Waals surface area contributed by atoms with Gasteiger partial charge in [0.15, 0.2) is 18.9 Å². The second kappa shape index (κ2) is 9.74. The Bertz CT molecular complexity index is 523. The van der Waals surface area contributed by atoms with Gasteiger partial charge in [0, 0.05) is 7.11 Å². The van der Waals surface area contributed by atoms with Gasteiger partial charge in [0.1, 0.15) is 54.9 Å². The summed E-state index contributed by atoms with van der Waals surface area (Å²) in [5, 5.41) is 68.3. The molecular weight excluding hydrogens is 400 g/mol. The Morgan fingerprint density at radius 1 is 0.655 bits per heavy atom. The van der Waals surface area contributed by atoms with Gasteiger partial charge < -0.3 is 64.2 Å². The van der Waals surface area contributed by atoms with Crippen LogP contribution in [0.5, 0.6) is 0 Å². The monoisotopic (exact) mass is 428 g/mol. The molecule has 7 N–H and O–H groups in total. The van der Waals surface area contributed by atoms with E-state index in [0.717, 1.165) is 0 Å². The first-order valence-electron chi connectivity index (χ1n) is 9.20. The fourth-order valence-corrected chi connectivity index (χ4v) is 3.53. The summed E-state index contributed by atoms with van der Waals surface area (Å²) in [7, 11) is 1.30. The lowest BCUT2D eigenvalue weighted by atomic mass is 10.1. The van der Waals surface area contributed by atoms with E-state index in [9.17, 15) is 25.5 Å². The molecule has 3 heterocycles. The van der Waals surface area contributed by atoms with Crippen LogP contribution in [0.15, 0.2) is 0 Å². The van der Waals surface area contributed by atoms with Crippen molar-refractivity contribution in [1.82, 2.24) is 0 Å². The lowest BCUT2D eigenvalue weighted by Gasteiger charge is -2.26. The Hall–Kier alpha value is -0.520. The number of hydrogen-bond acceptors (Lipinski definition) is 13. The molecule has 12 atom stereocenters. The zero-order valence-corrected chi connectivity index (χ0v) is 15.6. The van der Waals surface area contributed by atoms with Gasteiger partial charge in [-0.15, -0.1) is 0 Å². The summed E-state index contributed by atoms with van der Waals surface area (Å²) in [5.74, 6) is 0. The molecule has 3 fully saturated rings. The zero-order chi connectivity index (χ0) is 21.3. The summed E-state index contributed by atoms with van der Waals surface area (Å²) in [6, 6.07) is 0. The molecule has 3 aliphatic heterocycles. The Morgan fingerprint density at radius 2 is 1.17 bits per heavy atom. The molecule has 0 aliphatic carbocycles. The highest BCUT2D eigenvalue weighted by Gasteiger charge is 2.51. The van der Waals surface area contributed by atoms with Gasteiger partial charge in [-0.2, -0.15) is 0 Å². The molecule has 0 amide bonds. The third kappa shape index (κ3) is 4.57. The van der Waals surface area contributed by atoms with Crippen molar-refractivity contribution in [2.45, 2.75) is 73.8 Å². The number of ether oxygens (including phenoxy) is 6. The van der Waals surface area contributed by atoms with Gasteiger partial charge in [-0.05, 0) is 0 Å². The molecule has 29 heavy (non-hydrogen) atoms. The van der Waals surface area contributed by atoms with E-state index in [1.165, 1.54) is 7.11 Å². The van der Waals surface area contributed by atoms with E-state index >= 15 is 0 Å². The number of methoxy groups -OCH3 is 1. The van der Waals surface area contributed by atoms with E-state index in [-0.39, 0.29) is 6.61 Å². The second-order valence-corrected chi connectivity index (χ2v) is 7.12. The SMILES string of the molecule is COC1OC(COC2OC(CO)C(O)C2O)C(OC2OC(CO)C(O)C2O)C1O. The average molecular weight is 428 g/mol. The van der Waals surface area contributed by atoms with Crippen LogP contribution >= 0.6 is 0 Å². The van der Waals surface area contributed by atoms with Crippen molar-refractivity contribution >= 4 is 0 Å². The minimum absolute atomic E-state index is 0.275. The van der Waals surface area contributed by atoms with E-state index in [1.54, 1.807) is 0 Å². The van der Waals surface area contributed by atoms with Gasteiger partial charge in [-0.25, -0.2) is 0 Å². The lowest BCUT2D eigenvalue weighted by molar-refractivity contribution is -0.227. The molecule has 0 aromatic carbocycles. The van der Waals surface area contributed by atoms with Crippen LogP contribution in [0.2, 0.25) is 0 Å². The summed E-state index contributed by atoms with van der Waals surface area (Å²) in [6.07, 6.45) is -14.7. The maximum Gasteiger partial charge on any atom is 0.187 e. The number of aliphatic hydroxyl groups is 7. The molecule has 0 aromatic heterocycles. The van der Waals surface area contributed by atoms with E-state index in [0.29, 0.717) is 0 Å². The van der Waals surface area contributed by atoms with Crippen molar-refractivity contribution < 1.29 is 64.2 Å². The van der Waals surface area contributed by atoms with Crippen LogP contribution < -0.4 is 0 Å². The van der Waals surface area contributed by atoms with Crippen molar-refractivity contribution in [1.29, 1.82) is 0 Å². The Kier molecular flexibility index (Phi) is 7.77. The predicted octanol–water partition coefficient (Wildman–Crippen LogP) is -5.00. The van der Waals surface area contributed by atoms with Crippen LogP contribution in [0.3, 0.4) is 0 Å². The minimum Gasteiger partial charge on any atom is -0.394 e. The van der Waals surface area contributed by atoms with Crippen molar-refractivity contribution in [2.75, 3.05) is 26.9 Å². The fraction of sp³-hybridized carbons (Fsp3) is 1.00. The molecule has 13 nitrogen and oxygen atoms in total. The summed E-state index contributed by atoms with van der Waals surface area (Å²) in [5.41, 5.74) is 0. The molecule has 3 rings (SSSR count). The van der Waals surface area contributed by atoms with Gasteiger partial charge in [0.05, 0.1) is 19.8 Å². The van der Waals surface area contributed by atoms with Crippen LogP contribution in [0.25, 0.3) is 0 Å². The Morgan fingerprint density at radius 3 is 1.69 bits per heavy atom. The van der Waals surface area contributed by atoms with E-state index in [4.69, 9.17) is 38.6 Å². The maximum absolute atomic E-state index is 10.4. The third-order valence-corrected chi connectivity index (χ3v) is 5.24. The smallest absolute Gasteiger partial charge is 0.187 e. The van der Waals surface area contributed by atoms with Gasteiger partial charge in [-0.3, -0.25) is 0 Å². The van der Waals surface area contributed by atoms with Gasteiger partial charge in [0.2, 0.25) is 0 Å². The van der Waals surface area contributed by atoms with Crippen LogP contribution in [-0.2, 0) is 28.4 Å². The predicted molar refractivity (Wildman–Crippen MR) is 88.0 cm³/mol. The van der Waals surface area contributed by atoms with Crippen molar-refractivity contribution in [2.24, 2.45) is 0 Å². The van der Waals surface area contributed by atoms with E-state index in [1.807, 2.05) is 0 Å².